The summed E-state index contributed by atoms with van der Waals surface area (Å²) in [4.78, 5) is 26.6. The van der Waals surface area contributed by atoms with Gasteiger partial charge in [-0.3, -0.25) is 14.3 Å². The predicted molar refractivity (Wildman–Crippen MR) is 135 cm³/mol. The highest BCUT2D eigenvalue weighted by Gasteiger charge is 2.39. The molecule has 10 nitrogen and oxygen atoms in total. The van der Waals surface area contributed by atoms with Gasteiger partial charge in [-0.05, 0) is 11.5 Å². The second-order valence-corrected chi connectivity index (χ2v) is 9.64. The molecule has 3 aromatic rings. The normalized spacial score (nSPS) is 19.8. The van der Waals surface area contributed by atoms with Crippen molar-refractivity contribution >= 4 is 5.91 Å². The van der Waals surface area contributed by atoms with Gasteiger partial charge in [-0.2, -0.15) is 10.2 Å². The Morgan fingerprint density at radius 3 is 2.37 bits per heavy atom. The Balaban J connectivity index is 1.49. The number of nitrogens with zero attached hydrogens (tertiary/aromatic N) is 5. The van der Waals surface area contributed by atoms with Crippen LogP contribution in [-0.4, -0.2) is 75.5 Å². The number of likely N-dealkylation sites (N-methyl/N-ethyl adjacent to an activating group) is 1. The van der Waals surface area contributed by atoms with E-state index in [1.165, 1.54) is 9.58 Å². The number of hydrogen-bond acceptors (Lipinski definition) is 7. The van der Waals surface area contributed by atoms with Crippen LogP contribution in [0.25, 0.3) is 0 Å². The summed E-state index contributed by atoms with van der Waals surface area (Å²) in [6.45, 7) is 2.71. The van der Waals surface area contributed by atoms with Crippen molar-refractivity contribution in [2.24, 2.45) is 11.8 Å². The molecule has 1 N–H and O–H groups in total. The molecular formula is C28H25N5O5. The number of fused-ring (bicyclic) bond motifs is 1. The number of carbonyl (C=O) groups is 1. The molecule has 10 heteroatoms. The highest BCUT2D eigenvalue weighted by atomic mass is 16.5. The van der Waals surface area contributed by atoms with E-state index in [2.05, 4.69) is 28.8 Å². The van der Waals surface area contributed by atoms with Crippen LogP contribution in [0, 0.1) is 35.5 Å². The number of benzene rings is 1. The van der Waals surface area contributed by atoms with Crippen molar-refractivity contribution in [1.29, 1.82) is 0 Å². The third kappa shape index (κ3) is 4.34. The molecule has 0 aliphatic carbocycles. The molecule has 0 spiro atoms. The molecule has 6 rings (SSSR count). The van der Waals surface area contributed by atoms with Crippen LogP contribution >= 0.6 is 0 Å². The van der Waals surface area contributed by atoms with Crippen molar-refractivity contribution in [3.8, 4) is 29.4 Å². The van der Waals surface area contributed by atoms with E-state index in [1.807, 2.05) is 36.5 Å². The lowest BCUT2D eigenvalue weighted by atomic mass is 9.96. The smallest absolute Gasteiger partial charge is 0.275 e. The minimum Gasteiger partial charge on any atom is -0.502 e. The molecule has 38 heavy (non-hydrogen) atoms. The molecule has 2 saturated heterocycles. The van der Waals surface area contributed by atoms with Crippen molar-refractivity contribution in [3.05, 3.63) is 75.5 Å². The molecule has 0 bridgehead atoms. The summed E-state index contributed by atoms with van der Waals surface area (Å²) in [5, 5.41) is 19.7. The fourth-order valence-corrected chi connectivity index (χ4v) is 4.67. The quantitative estimate of drug-likeness (QED) is 0.524. The van der Waals surface area contributed by atoms with E-state index in [0.29, 0.717) is 37.7 Å². The Kier molecular flexibility index (Phi) is 6.20. The molecule has 3 aliphatic heterocycles. The predicted octanol–water partition coefficient (Wildman–Crippen LogP) is 1.06. The van der Waals surface area contributed by atoms with Crippen LogP contribution in [0.4, 0.5) is 0 Å². The van der Waals surface area contributed by atoms with Gasteiger partial charge in [0.2, 0.25) is 5.43 Å². The van der Waals surface area contributed by atoms with Gasteiger partial charge < -0.3 is 19.5 Å². The number of carbonyl (C=O) groups excluding carboxylic acids is 1. The zero-order valence-electron chi connectivity index (χ0n) is 20.7. The molecule has 2 aromatic heterocycles. The maximum absolute atomic E-state index is 12.9. The van der Waals surface area contributed by atoms with Crippen molar-refractivity contribution in [2.75, 3.05) is 40.0 Å². The van der Waals surface area contributed by atoms with Crippen molar-refractivity contribution in [1.82, 2.24) is 24.5 Å². The first kappa shape index (κ1) is 24.0. The van der Waals surface area contributed by atoms with Gasteiger partial charge in [-0.1, -0.05) is 48.1 Å². The summed E-state index contributed by atoms with van der Waals surface area (Å²) in [6, 6.07) is 8.78. The van der Waals surface area contributed by atoms with Crippen LogP contribution < -0.4 is 5.43 Å². The lowest BCUT2D eigenvalue weighted by molar-refractivity contribution is -0.00307. The van der Waals surface area contributed by atoms with Gasteiger partial charge in [0.1, 0.15) is 6.04 Å². The number of rotatable bonds is 3. The second kappa shape index (κ2) is 9.82. The van der Waals surface area contributed by atoms with Crippen LogP contribution in [-0.2, 0) is 9.47 Å². The standard InChI is InChI=1S/C28H25N5O5/c1-31-13-23(33-26(28(31)36)27(35)24(34)11-29-33)25(20-5-3-2-4-6-20)32-12-21(9-7-18-14-37-15-18)22(30-32)10-8-19-16-38-17-19/h2-6,11-12,18-19,23,25,35H,13-17H2,1H3/t23-,25-/m1/s1. The number of hydrogen-bond donors (Lipinski definition) is 1. The first-order valence-corrected chi connectivity index (χ1v) is 12.4. The molecule has 5 heterocycles. The van der Waals surface area contributed by atoms with Crippen molar-refractivity contribution in [3.63, 3.8) is 0 Å². The molecular weight excluding hydrogens is 486 g/mol. The van der Waals surface area contributed by atoms with Gasteiger partial charge in [-0.15, -0.1) is 0 Å². The Bertz CT molecular complexity index is 1510. The molecule has 192 valence electrons. The Labute approximate surface area is 218 Å². The van der Waals surface area contributed by atoms with E-state index in [1.54, 1.807) is 11.7 Å². The second-order valence-electron chi connectivity index (χ2n) is 9.64. The Morgan fingerprint density at radius 2 is 1.71 bits per heavy atom. The van der Waals surface area contributed by atoms with Gasteiger partial charge in [0.05, 0.1) is 56.1 Å². The highest BCUT2D eigenvalue weighted by molar-refractivity contribution is 5.95. The summed E-state index contributed by atoms with van der Waals surface area (Å²) in [5.41, 5.74) is 1.32. The number of ether oxygens (including phenoxy) is 2. The van der Waals surface area contributed by atoms with E-state index >= 15 is 0 Å². The van der Waals surface area contributed by atoms with Gasteiger partial charge in [0.25, 0.3) is 5.91 Å². The summed E-state index contributed by atoms with van der Waals surface area (Å²) >= 11 is 0. The Morgan fingerprint density at radius 1 is 1.03 bits per heavy atom. The molecule has 2 atom stereocenters. The molecule has 3 aliphatic rings. The molecule has 0 radical (unpaired) electrons. The van der Waals surface area contributed by atoms with Crippen LogP contribution in [0.2, 0.25) is 0 Å². The zero-order valence-corrected chi connectivity index (χ0v) is 20.7. The summed E-state index contributed by atoms with van der Waals surface area (Å²) in [5.74, 6) is 12.2. The third-order valence-corrected chi connectivity index (χ3v) is 6.91. The minimum atomic E-state index is -0.705. The SMILES string of the molecule is CN1C[C@H]([C@@H](c2ccccc2)n2cc(C#CC3COC3)c(C#CC3COC3)n2)n2ncc(=O)c(O)c2C1=O. The topological polar surface area (TPSA) is 112 Å². The summed E-state index contributed by atoms with van der Waals surface area (Å²) in [6.07, 6.45) is 2.90. The maximum Gasteiger partial charge on any atom is 0.275 e. The van der Waals surface area contributed by atoms with E-state index in [0.717, 1.165) is 11.8 Å². The van der Waals surface area contributed by atoms with Crippen molar-refractivity contribution < 1.29 is 19.4 Å². The van der Waals surface area contributed by atoms with E-state index in [-0.39, 0.29) is 24.1 Å². The highest BCUT2D eigenvalue weighted by Crippen LogP contribution is 2.35. The van der Waals surface area contributed by atoms with E-state index < -0.39 is 29.2 Å². The number of amides is 1. The fraction of sp³-hybridized carbons (Fsp3) is 0.357. The largest absolute Gasteiger partial charge is 0.502 e. The zero-order chi connectivity index (χ0) is 26.2. The molecule has 1 aromatic carbocycles. The average molecular weight is 512 g/mol. The molecule has 0 saturated carbocycles. The van der Waals surface area contributed by atoms with Gasteiger partial charge in [0.15, 0.2) is 17.1 Å². The van der Waals surface area contributed by atoms with Gasteiger partial charge in [0, 0.05) is 19.8 Å². The first-order chi connectivity index (χ1) is 18.5. The van der Waals surface area contributed by atoms with Crippen LogP contribution in [0.3, 0.4) is 0 Å². The molecule has 1 amide bonds. The van der Waals surface area contributed by atoms with Crippen LogP contribution in [0.1, 0.15) is 39.4 Å². The van der Waals surface area contributed by atoms with Crippen LogP contribution in [0.15, 0.2) is 47.5 Å². The maximum atomic E-state index is 12.9. The molecule has 2 fully saturated rings. The van der Waals surface area contributed by atoms with E-state index in [4.69, 9.17) is 14.6 Å². The van der Waals surface area contributed by atoms with Crippen molar-refractivity contribution in [2.45, 2.75) is 12.1 Å². The lowest BCUT2D eigenvalue weighted by Gasteiger charge is -2.37. The third-order valence-electron chi connectivity index (χ3n) is 6.91. The summed E-state index contributed by atoms with van der Waals surface area (Å²) < 4.78 is 13.7. The van der Waals surface area contributed by atoms with Gasteiger partial charge in [-0.25, -0.2) is 4.68 Å². The lowest BCUT2D eigenvalue weighted by Crippen LogP contribution is -2.46. The number of aromatic hydroxyl groups is 1. The summed E-state index contributed by atoms with van der Waals surface area (Å²) in [7, 11) is 1.64. The number of aromatic nitrogens is 4. The average Bonchev–Trinajstić information content (AvgIpc) is 3.25. The van der Waals surface area contributed by atoms with Gasteiger partial charge >= 0.3 is 0 Å². The first-order valence-electron chi connectivity index (χ1n) is 12.4. The monoisotopic (exact) mass is 511 g/mol. The minimum absolute atomic E-state index is 0.140. The van der Waals surface area contributed by atoms with Crippen LogP contribution in [0.5, 0.6) is 5.75 Å². The Hall–Kier alpha value is -4.38. The fourth-order valence-electron chi connectivity index (χ4n) is 4.67. The molecule has 0 unspecified atom stereocenters. The van der Waals surface area contributed by atoms with E-state index in [9.17, 15) is 14.7 Å².